The van der Waals surface area contributed by atoms with Crippen LogP contribution in [0.5, 0.6) is 0 Å². The molecule has 1 unspecified atom stereocenters. The zero-order valence-corrected chi connectivity index (χ0v) is 9.86. The van der Waals surface area contributed by atoms with Crippen LogP contribution in [0.3, 0.4) is 0 Å². The second-order valence-corrected chi connectivity index (χ2v) is 4.87. The number of H-pyrrole nitrogens is 1. The van der Waals surface area contributed by atoms with Gasteiger partial charge in [-0.15, -0.1) is 0 Å². The highest BCUT2D eigenvalue weighted by molar-refractivity contribution is 5.72. The van der Waals surface area contributed by atoms with Gasteiger partial charge in [-0.1, -0.05) is 19.9 Å². The molecule has 0 radical (unpaired) electrons. The predicted molar refractivity (Wildman–Crippen MR) is 64.6 cm³/mol. The number of hydrogen-bond acceptors (Lipinski definition) is 4. The maximum absolute atomic E-state index is 11.0. The van der Waals surface area contributed by atoms with Gasteiger partial charge in [0.2, 0.25) is 0 Å². The number of nitrogens with two attached hydrogens (primary N) is 1. The Morgan fingerprint density at radius 3 is 2.88 bits per heavy atom. The van der Waals surface area contributed by atoms with Gasteiger partial charge in [0.25, 0.3) is 0 Å². The minimum absolute atomic E-state index is 0.364. The fourth-order valence-corrected chi connectivity index (χ4v) is 1.69. The number of rotatable bonds is 3. The Kier molecular flexibility index (Phi) is 2.81. The van der Waals surface area contributed by atoms with Crippen molar-refractivity contribution in [1.82, 2.24) is 4.98 Å². The number of hydrogen-bond donors (Lipinski definition) is 3. The van der Waals surface area contributed by atoms with E-state index in [-0.39, 0.29) is 0 Å². The van der Waals surface area contributed by atoms with Crippen LogP contribution in [0.1, 0.15) is 25.5 Å². The summed E-state index contributed by atoms with van der Waals surface area (Å²) in [6.07, 6.45) is -0.697. The van der Waals surface area contributed by atoms with Gasteiger partial charge in [0.15, 0.2) is 5.58 Å². The van der Waals surface area contributed by atoms with Crippen molar-refractivity contribution in [3.63, 3.8) is 0 Å². The lowest BCUT2D eigenvalue weighted by atomic mass is 9.83. The molecule has 0 aliphatic rings. The van der Waals surface area contributed by atoms with E-state index in [1.807, 2.05) is 13.8 Å². The van der Waals surface area contributed by atoms with Gasteiger partial charge < -0.3 is 15.3 Å². The van der Waals surface area contributed by atoms with Crippen molar-refractivity contribution in [3.05, 3.63) is 34.3 Å². The van der Waals surface area contributed by atoms with E-state index in [9.17, 15) is 9.90 Å². The van der Waals surface area contributed by atoms with Crippen LogP contribution < -0.4 is 11.5 Å². The predicted octanol–water partition coefficient (Wildman–Crippen LogP) is 1.14. The lowest BCUT2D eigenvalue weighted by molar-refractivity contribution is 0.0556. The van der Waals surface area contributed by atoms with Gasteiger partial charge >= 0.3 is 5.76 Å². The minimum atomic E-state index is -0.697. The number of aromatic amines is 1. The molecule has 2 rings (SSSR count). The summed E-state index contributed by atoms with van der Waals surface area (Å²) in [6, 6.07) is 5.14. The van der Waals surface area contributed by atoms with Crippen molar-refractivity contribution in [2.24, 2.45) is 11.1 Å². The highest BCUT2D eigenvalue weighted by atomic mass is 16.4. The summed E-state index contributed by atoms with van der Waals surface area (Å²) in [5.41, 5.74) is 6.95. The van der Waals surface area contributed by atoms with E-state index in [1.54, 1.807) is 18.2 Å². The summed E-state index contributed by atoms with van der Waals surface area (Å²) in [5.74, 6) is -0.496. The van der Waals surface area contributed by atoms with E-state index < -0.39 is 17.3 Å². The Morgan fingerprint density at radius 2 is 2.24 bits per heavy atom. The third-order valence-electron chi connectivity index (χ3n) is 3.03. The van der Waals surface area contributed by atoms with Gasteiger partial charge in [-0.25, -0.2) is 4.79 Å². The first-order chi connectivity index (χ1) is 7.94. The number of oxazole rings is 1. The van der Waals surface area contributed by atoms with Gasteiger partial charge in [-0.2, -0.15) is 0 Å². The van der Waals surface area contributed by atoms with Crippen LogP contribution in [0.4, 0.5) is 0 Å². The molecular formula is C12H16N2O3. The molecule has 0 saturated heterocycles. The average Bonchev–Trinajstić information content (AvgIpc) is 2.66. The molecule has 0 fully saturated rings. The molecule has 0 saturated carbocycles. The van der Waals surface area contributed by atoms with E-state index in [0.29, 0.717) is 23.2 Å². The summed E-state index contributed by atoms with van der Waals surface area (Å²) < 4.78 is 4.95. The average molecular weight is 236 g/mol. The molecule has 0 bridgehead atoms. The largest absolute Gasteiger partial charge is 0.417 e. The molecule has 92 valence electrons. The van der Waals surface area contributed by atoms with Gasteiger partial charge in [-0.3, -0.25) is 4.98 Å². The monoisotopic (exact) mass is 236 g/mol. The third kappa shape index (κ3) is 2.11. The van der Waals surface area contributed by atoms with Crippen LogP contribution in [0.2, 0.25) is 0 Å². The van der Waals surface area contributed by atoms with Crippen LogP contribution in [-0.4, -0.2) is 16.6 Å². The van der Waals surface area contributed by atoms with Crippen molar-refractivity contribution in [3.8, 4) is 0 Å². The maximum Gasteiger partial charge on any atom is 0.417 e. The maximum atomic E-state index is 11.0. The molecule has 0 aliphatic carbocycles. The van der Waals surface area contributed by atoms with E-state index in [0.717, 1.165) is 0 Å². The van der Waals surface area contributed by atoms with E-state index in [4.69, 9.17) is 10.2 Å². The lowest BCUT2D eigenvalue weighted by Crippen LogP contribution is -2.30. The quantitative estimate of drug-likeness (QED) is 0.745. The first-order valence-corrected chi connectivity index (χ1v) is 5.45. The van der Waals surface area contributed by atoms with Gasteiger partial charge in [-0.05, 0) is 17.7 Å². The van der Waals surface area contributed by atoms with Crippen LogP contribution in [0.15, 0.2) is 27.4 Å². The Morgan fingerprint density at radius 1 is 1.53 bits per heavy atom. The van der Waals surface area contributed by atoms with E-state index in [1.165, 1.54) is 0 Å². The fourth-order valence-electron chi connectivity index (χ4n) is 1.69. The number of aliphatic hydroxyl groups excluding tert-OH is 1. The first-order valence-electron chi connectivity index (χ1n) is 5.45. The molecule has 1 aromatic heterocycles. The van der Waals surface area contributed by atoms with Crippen LogP contribution in [0, 0.1) is 5.41 Å². The standard InChI is InChI=1S/C12H16N2O3/c1-12(2,6-13)10(15)7-3-4-8-9(5-7)17-11(16)14-8/h3-5,10,15H,6,13H2,1-2H3,(H,14,16). The number of aliphatic hydroxyl groups is 1. The molecule has 4 N–H and O–H groups in total. The Hall–Kier alpha value is -1.59. The zero-order chi connectivity index (χ0) is 12.6. The molecule has 0 aliphatic heterocycles. The Labute approximate surface area is 98.2 Å². The summed E-state index contributed by atoms with van der Waals surface area (Å²) in [4.78, 5) is 13.6. The second kappa shape index (κ2) is 4.01. The Bertz CT molecular complexity index is 583. The third-order valence-corrected chi connectivity index (χ3v) is 3.03. The highest BCUT2D eigenvalue weighted by Crippen LogP contribution is 2.33. The summed E-state index contributed by atoms with van der Waals surface area (Å²) >= 11 is 0. The van der Waals surface area contributed by atoms with Crippen LogP contribution >= 0.6 is 0 Å². The van der Waals surface area contributed by atoms with E-state index in [2.05, 4.69) is 4.98 Å². The molecule has 1 aromatic carbocycles. The lowest BCUT2D eigenvalue weighted by Gasteiger charge is -2.29. The van der Waals surface area contributed by atoms with Crippen LogP contribution in [0.25, 0.3) is 11.1 Å². The molecule has 0 amide bonds. The smallest absolute Gasteiger partial charge is 0.408 e. The first kappa shape index (κ1) is 11.9. The summed E-state index contributed by atoms with van der Waals surface area (Å²) in [5, 5.41) is 10.2. The van der Waals surface area contributed by atoms with Crippen molar-refractivity contribution in [2.45, 2.75) is 20.0 Å². The summed E-state index contributed by atoms with van der Waals surface area (Å²) in [7, 11) is 0. The van der Waals surface area contributed by atoms with Gasteiger partial charge in [0.1, 0.15) is 0 Å². The molecule has 1 atom stereocenters. The number of benzene rings is 1. The van der Waals surface area contributed by atoms with Crippen molar-refractivity contribution >= 4 is 11.1 Å². The molecule has 5 heteroatoms. The second-order valence-electron chi connectivity index (χ2n) is 4.87. The zero-order valence-electron chi connectivity index (χ0n) is 9.86. The molecular weight excluding hydrogens is 220 g/mol. The number of fused-ring (bicyclic) bond motifs is 1. The van der Waals surface area contributed by atoms with Crippen molar-refractivity contribution in [1.29, 1.82) is 0 Å². The Balaban J connectivity index is 2.45. The molecule has 2 aromatic rings. The molecule has 1 heterocycles. The topological polar surface area (TPSA) is 92.2 Å². The van der Waals surface area contributed by atoms with E-state index >= 15 is 0 Å². The van der Waals surface area contributed by atoms with Gasteiger partial charge in [0.05, 0.1) is 11.6 Å². The van der Waals surface area contributed by atoms with Gasteiger partial charge in [0, 0.05) is 12.0 Å². The SMILES string of the molecule is CC(C)(CN)C(O)c1ccc2[nH]c(=O)oc2c1. The highest BCUT2D eigenvalue weighted by Gasteiger charge is 2.27. The molecule has 5 nitrogen and oxygen atoms in total. The normalized spacial score (nSPS) is 14.1. The van der Waals surface area contributed by atoms with Crippen LogP contribution in [-0.2, 0) is 0 Å². The molecule has 17 heavy (non-hydrogen) atoms. The summed E-state index contributed by atoms with van der Waals surface area (Å²) in [6.45, 7) is 4.13. The minimum Gasteiger partial charge on any atom is -0.408 e. The number of aromatic nitrogens is 1. The van der Waals surface area contributed by atoms with Crippen molar-refractivity contribution < 1.29 is 9.52 Å². The molecule has 0 spiro atoms. The fraction of sp³-hybridized carbons (Fsp3) is 0.417. The number of nitrogens with one attached hydrogen (secondary N) is 1. The van der Waals surface area contributed by atoms with Crippen molar-refractivity contribution in [2.75, 3.05) is 6.54 Å².